The Morgan fingerprint density at radius 2 is 1.72 bits per heavy atom. The molecule has 5 nitrogen and oxygen atoms in total. The van der Waals surface area contributed by atoms with Gasteiger partial charge in [0.2, 0.25) is 10.0 Å². The number of unbranched alkanes of at least 4 members (excludes halogenated alkanes) is 1. The molecule has 0 spiro atoms. The number of hydrogen-bond acceptors (Lipinski definition) is 4. The highest BCUT2D eigenvalue weighted by Crippen LogP contribution is 2.23. The maximum absolute atomic E-state index is 13.1. The second-order valence-corrected chi connectivity index (χ2v) is 8.66. The van der Waals surface area contributed by atoms with Crippen LogP contribution in [0.15, 0.2) is 53.4 Å². The maximum Gasteiger partial charge on any atom is 0.305 e. The van der Waals surface area contributed by atoms with Crippen molar-refractivity contribution in [2.45, 2.75) is 56.4 Å². The summed E-state index contributed by atoms with van der Waals surface area (Å²) in [5.74, 6) is -0.703. The van der Waals surface area contributed by atoms with Crippen LogP contribution in [0.4, 0.5) is 4.39 Å². The molecular weight excluding hydrogens is 393 g/mol. The fraction of sp³-hybridized carbons (Fsp3) is 0.409. The van der Waals surface area contributed by atoms with E-state index in [4.69, 9.17) is 0 Å². The van der Waals surface area contributed by atoms with Crippen molar-refractivity contribution < 1.29 is 22.3 Å². The molecule has 29 heavy (non-hydrogen) atoms. The van der Waals surface area contributed by atoms with Crippen molar-refractivity contribution in [2.24, 2.45) is 0 Å². The van der Waals surface area contributed by atoms with Gasteiger partial charge >= 0.3 is 5.97 Å². The van der Waals surface area contributed by atoms with Crippen LogP contribution in [0.5, 0.6) is 0 Å². The Labute approximate surface area is 172 Å². The summed E-state index contributed by atoms with van der Waals surface area (Å²) in [6.45, 7) is 2.05. The summed E-state index contributed by atoms with van der Waals surface area (Å²) >= 11 is 0. The highest BCUT2D eigenvalue weighted by atomic mass is 32.2. The summed E-state index contributed by atoms with van der Waals surface area (Å²) in [7, 11) is -2.38. The maximum atomic E-state index is 13.1. The summed E-state index contributed by atoms with van der Waals surface area (Å²) in [5.41, 5.74) is 1.95. The van der Waals surface area contributed by atoms with E-state index >= 15 is 0 Å². The SMILES string of the molecule is CCCCC(NS(=O)(=O)c1ccc(F)cc1)c1ccc(CCCC(=O)OC)cc1. The second-order valence-electron chi connectivity index (χ2n) is 6.94. The molecule has 1 atom stereocenters. The molecule has 1 N–H and O–H groups in total. The third kappa shape index (κ3) is 7.25. The van der Waals surface area contributed by atoms with Gasteiger partial charge in [-0.3, -0.25) is 4.79 Å². The first-order valence-electron chi connectivity index (χ1n) is 9.79. The van der Waals surface area contributed by atoms with Crippen LogP contribution < -0.4 is 4.72 Å². The van der Waals surface area contributed by atoms with Gasteiger partial charge in [0.25, 0.3) is 0 Å². The highest BCUT2D eigenvalue weighted by Gasteiger charge is 2.21. The van der Waals surface area contributed by atoms with Gasteiger partial charge in [-0.1, -0.05) is 44.0 Å². The van der Waals surface area contributed by atoms with E-state index in [1.807, 2.05) is 24.3 Å². The molecule has 0 aliphatic rings. The zero-order chi connectivity index (χ0) is 21.3. The second kappa shape index (κ2) is 11.1. The van der Waals surface area contributed by atoms with Crippen molar-refractivity contribution in [1.29, 1.82) is 0 Å². The number of ether oxygens (including phenoxy) is 1. The van der Waals surface area contributed by atoms with Crippen molar-refractivity contribution in [3.05, 3.63) is 65.5 Å². The van der Waals surface area contributed by atoms with E-state index in [9.17, 15) is 17.6 Å². The number of benzene rings is 2. The lowest BCUT2D eigenvalue weighted by molar-refractivity contribution is -0.140. The fourth-order valence-corrected chi connectivity index (χ4v) is 4.29. The van der Waals surface area contributed by atoms with E-state index in [1.165, 1.54) is 19.2 Å². The van der Waals surface area contributed by atoms with Crippen molar-refractivity contribution >= 4 is 16.0 Å². The average Bonchev–Trinajstić information content (AvgIpc) is 2.71. The van der Waals surface area contributed by atoms with Crippen LogP contribution in [0.1, 0.15) is 56.2 Å². The van der Waals surface area contributed by atoms with Gasteiger partial charge in [-0.15, -0.1) is 0 Å². The number of rotatable bonds is 11. The van der Waals surface area contributed by atoms with Gasteiger partial charge < -0.3 is 4.74 Å². The number of aryl methyl sites for hydroxylation is 1. The lowest BCUT2D eigenvalue weighted by Crippen LogP contribution is -2.28. The highest BCUT2D eigenvalue weighted by molar-refractivity contribution is 7.89. The largest absolute Gasteiger partial charge is 0.469 e. The molecule has 2 aromatic rings. The van der Waals surface area contributed by atoms with E-state index in [1.54, 1.807) is 0 Å². The van der Waals surface area contributed by atoms with E-state index in [0.717, 1.165) is 42.5 Å². The van der Waals surface area contributed by atoms with E-state index in [0.29, 0.717) is 19.3 Å². The number of nitrogens with one attached hydrogen (secondary N) is 1. The van der Waals surface area contributed by atoms with Crippen LogP contribution >= 0.6 is 0 Å². The molecule has 0 saturated carbocycles. The first-order chi connectivity index (χ1) is 13.9. The van der Waals surface area contributed by atoms with E-state index < -0.39 is 15.8 Å². The van der Waals surface area contributed by atoms with Gasteiger partial charge in [0.05, 0.1) is 12.0 Å². The normalized spacial score (nSPS) is 12.5. The first kappa shape index (κ1) is 23.0. The summed E-state index contributed by atoms with van der Waals surface area (Å²) in [6, 6.07) is 12.2. The summed E-state index contributed by atoms with van der Waals surface area (Å²) < 4.78 is 45.9. The summed E-state index contributed by atoms with van der Waals surface area (Å²) in [4.78, 5) is 11.2. The minimum atomic E-state index is -3.76. The number of esters is 1. The zero-order valence-electron chi connectivity index (χ0n) is 16.9. The standard InChI is InChI=1S/C22H28FNO4S/c1-3-4-7-21(24-29(26,27)20-15-13-19(23)14-16-20)18-11-9-17(10-12-18)6-5-8-22(25)28-2/h9-16,21,24H,3-8H2,1-2H3. The Morgan fingerprint density at radius 3 is 2.31 bits per heavy atom. The molecule has 0 aliphatic carbocycles. The molecule has 158 valence electrons. The monoisotopic (exact) mass is 421 g/mol. The van der Waals surface area contributed by atoms with Gasteiger partial charge in [0.1, 0.15) is 5.82 Å². The molecule has 0 amide bonds. The molecule has 0 bridgehead atoms. The summed E-state index contributed by atoms with van der Waals surface area (Å²) in [6.07, 6.45) is 4.30. The van der Waals surface area contributed by atoms with Gasteiger partial charge in [-0.05, 0) is 54.7 Å². The number of carbonyl (C=O) groups excluding carboxylic acids is 1. The minimum Gasteiger partial charge on any atom is -0.469 e. The van der Waals surface area contributed by atoms with Crippen LogP contribution in [0.2, 0.25) is 0 Å². The van der Waals surface area contributed by atoms with Gasteiger partial charge in [-0.25, -0.2) is 17.5 Å². The minimum absolute atomic E-state index is 0.0415. The first-order valence-corrected chi connectivity index (χ1v) is 11.3. The van der Waals surface area contributed by atoms with Crippen LogP contribution in [-0.2, 0) is 26.0 Å². The predicted octanol–water partition coefficient (Wildman–Crippen LogP) is 4.53. The summed E-state index contributed by atoms with van der Waals surface area (Å²) in [5, 5.41) is 0. The predicted molar refractivity (Wildman–Crippen MR) is 110 cm³/mol. The van der Waals surface area contributed by atoms with Gasteiger partial charge in [0.15, 0.2) is 0 Å². The molecule has 2 rings (SSSR count). The van der Waals surface area contributed by atoms with Crippen molar-refractivity contribution in [2.75, 3.05) is 7.11 Å². The molecular formula is C22H28FNO4S. The van der Waals surface area contributed by atoms with Crippen molar-refractivity contribution in [3.8, 4) is 0 Å². The van der Waals surface area contributed by atoms with Gasteiger partial charge in [0, 0.05) is 12.5 Å². The lowest BCUT2D eigenvalue weighted by atomic mass is 9.99. The fourth-order valence-electron chi connectivity index (χ4n) is 3.03. The number of methoxy groups -OCH3 is 1. The number of carbonyl (C=O) groups is 1. The molecule has 2 aromatic carbocycles. The number of hydrogen-bond donors (Lipinski definition) is 1. The topological polar surface area (TPSA) is 72.5 Å². The molecule has 1 unspecified atom stereocenters. The average molecular weight is 422 g/mol. The van der Waals surface area contributed by atoms with Crippen LogP contribution in [0.3, 0.4) is 0 Å². The molecule has 0 aromatic heterocycles. The van der Waals surface area contributed by atoms with Crippen LogP contribution in [0, 0.1) is 5.82 Å². The van der Waals surface area contributed by atoms with Crippen LogP contribution in [0.25, 0.3) is 0 Å². The Balaban J connectivity index is 2.10. The van der Waals surface area contributed by atoms with Crippen LogP contribution in [-0.4, -0.2) is 21.5 Å². The Kier molecular flexibility index (Phi) is 8.79. The van der Waals surface area contributed by atoms with E-state index in [2.05, 4.69) is 16.4 Å². The Bertz CT molecular complexity index is 880. The Hall–Kier alpha value is -2.25. The molecule has 0 heterocycles. The molecule has 0 fully saturated rings. The third-order valence-corrected chi connectivity index (χ3v) is 6.21. The smallest absolute Gasteiger partial charge is 0.305 e. The molecule has 7 heteroatoms. The Morgan fingerprint density at radius 1 is 1.07 bits per heavy atom. The molecule has 0 radical (unpaired) electrons. The van der Waals surface area contributed by atoms with Crippen molar-refractivity contribution in [3.63, 3.8) is 0 Å². The van der Waals surface area contributed by atoms with Gasteiger partial charge in [-0.2, -0.15) is 0 Å². The third-order valence-electron chi connectivity index (χ3n) is 4.72. The molecule has 0 aliphatic heterocycles. The van der Waals surface area contributed by atoms with E-state index in [-0.39, 0.29) is 16.9 Å². The number of halogens is 1. The number of sulfonamides is 1. The lowest BCUT2D eigenvalue weighted by Gasteiger charge is -2.19. The quantitative estimate of drug-likeness (QED) is 0.541. The van der Waals surface area contributed by atoms with Crippen molar-refractivity contribution in [1.82, 2.24) is 4.72 Å². The molecule has 0 saturated heterocycles. The zero-order valence-corrected chi connectivity index (χ0v) is 17.7.